The Morgan fingerprint density at radius 2 is 1.69 bits per heavy atom. The largest absolute Gasteiger partial charge is 0.490 e. The maximum absolute atomic E-state index is 11.6. The molecule has 1 atom stereocenters. The Morgan fingerprint density at radius 3 is 2.31 bits per heavy atom. The summed E-state index contributed by atoms with van der Waals surface area (Å²) in [6.07, 6.45) is 0. The van der Waals surface area contributed by atoms with Crippen molar-refractivity contribution >= 4 is 11.9 Å². The van der Waals surface area contributed by atoms with Crippen LogP contribution >= 0.6 is 0 Å². The topological polar surface area (TPSA) is 84.0 Å². The highest BCUT2D eigenvalue weighted by atomic mass is 16.5. The average molecular weight is 364 g/mol. The molecule has 0 heterocycles. The van der Waals surface area contributed by atoms with Crippen LogP contribution in [0.5, 0.6) is 11.5 Å². The summed E-state index contributed by atoms with van der Waals surface area (Å²) in [7, 11) is 0. The van der Waals surface area contributed by atoms with Crippen LogP contribution in [0.3, 0.4) is 0 Å². The molecule has 146 valence electrons. The first kappa shape index (κ1) is 21.6. The third-order valence-electron chi connectivity index (χ3n) is 3.52. The molecule has 7 heteroatoms. The maximum atomic E-state index is 11.6. The molecule has 0 saturated carbocycles. The van der Waals surface area contributed by atoms with Gasteiger partial charge in [0, 0.05) is 13.1 Å². The zero-order valence-corrected chi connectivity index (χ0v) is 16.5. The minimum absolute atomic E-state index is 0.0167. The van der Waals surface area contributed by atoms with Crippen molar-refractivity contribution < 1.29 is 14.3 Å². The molecule has 0 spiro atoms. The van der Waals surface area contributed by atoms with E-state index in [2.05, 4.69) is 20.9 Å². The fourth-order valence-corrected chi connectivity index (χ4v) is 2.35. The van der Waals surface area contributed by atoms with Crippen LogP contribution in [-0.4, -0.2) is 44.7 Å². The van der Waals surface area contributed by atoms with Gasteiger partial charge in [-0.1, -0.05) is 6.07 Å². The van der Waals surface area contributed by atoms with Gasteiger partial charge < -0.3 is 25.4 Å². The van der Waals surface area contributed by atoms with Crippen LogP contribution in [0.15, 0.2) is 23.2 Å². The van der Waals surface area contributed by atoms with Gasteiger partial charge in [0.2, 0.25) is 5.91 Å². The minimum atomic E-state index is -0.0999. The first-order chi connectivity index (χ1) is 12.5. The van der Waals surface area contributed by atoms with Crippen LogP contribution in [-0.2, 0) is 4.79 Å². The van der Waals surface area contributed by atoms with Crippen LogP contribution in [0.1, 0.15) is 46.2 Å². The number of nitrogens with one attached hydrogen (secondary N) is 3. The third kappa shape index (κ3) is 7.21. The smallest absolute Gasteiger partial charge is 0.241 e. The van der Waals surface area contributed by atoms with Gasteiger partial charge in [-0.25, -0.2) is 4.99 Å². The summed E-state index contributed by atoms with van der Waals surface area (Å²) in [5, 5.41) is 9.21. The molecule has 1 unspecified atom stereocenters. The minimum Gasteiger partial charge on any atom is -0.490 e. The van der Waals surface area contributed by atoms with Crippen molar-refractivity contribution in [1.29, 1.82) is 0 Å². The third-order valence-corrected chi connectivity index (χ3v) is 3.52. The number of ether oxygens (including phenoxy) is 2. The molecule has 7 nitrogen and oxygen atoms in total. The predicted molar refractivity (Wildman–Crippen MR) is 105 cm³/mol. The van der Waals surface area contributed by atoms with E-state index in [0.717, 1.165) is 17.1 Å². The second-order valence-corrected chi connectivity index (χ2v) is 5.59. The predicted octanol–water partition coefficient (Wildman–Crippen LogP) is 2.24. The van der Waals surface area contributed by atoms with Crippen LogP contribution in [0, 0.1) is 0 Å². The summed E-state index contributed by atoms with van der Waals surface area (Å²) < 4.78 is 11.3. The second-order valence-electron chi connectivity index (χ2n) is 5.59. The number of aliphatic imine (C=N–C) groups is 1. The molecule has 3 N–H and O–H groups in total. The number of hydrogen-bond donors (Lipinski definition) is 3. The molecule has 0 aromatic heterocycles. The molecule has 1 amide bonds. The van der Waals surface area contributed by atoms with Crippen molar-refractivity contribution in [2.75, 3.05) is 32.8 Å². The number of carbonyl (C=O) groups is 1. The second kappa shape index (κ2) is 12.0. The summed E-state index contributed by atoms with van der Waals surface area (Å²) in [4.78, 5) is 15.9. The fraction of sp³-hybridized carbons (Fsp3) is 0.579. The summed E-state index contributed by atoms with van der Waals surface area (Å²) in [6.45, 7) is 12.3. The summed E-state index contributed by atoms with van der Waals surface area (Å²) in [6, 6.07) is 5.87. The SMILES string of the molecule is CCNC(=O)CN=C(NCC)NC(C)c1ccc(OCC)c(OCC)c1. The number of hydrogen-bond acceptors (Lipinski definition) is 4. The van der Waals surface area contributed by atoms with Crippen molar-refractivity contribution in [3.8, 4) is 11.5 Å². The fourth-order valence-electron chi connectivity index (χ4n) is 2.35. The number of nitrogens with zero attached hydrogens (tertiary/aromatic N) is 1. The highest BCUT2D eigenvalue weighted by Crippen LogP contribution is 2.30. The molecule has 1 rings (SSSR count). The molecular weight excluding hydrogens is 332 g/mol. The van der Waals surface area contributed by atoms with E-state index in [1.807, 2.05) is 52.8 Å². The lowest BCUT2D eigenvalue weighted by Crippen LogP contribution is -2.39. The summed E-state index contributed by atoms with van der Waals surface area (Å²) in [5.74, 6) is 1.96. The lowest BCUT2D eigenvalue weighted by Gasteiger charge is -2.20. The van der Waals surface area contributed by atoms with Crippen LogP contribution in [0.2, 0.25) is 0 Å². The van der Waals surface area contributed by atoms with Gasteiger partial charge in [-0.15, -0.1) is 0 Å². The summed E-state index contributed by atoms with van der Waals surface area (Å²) in [5.41, 5.74) is 1.04. The van der Waals surface area contributed by atoms with E-state index in [9.17, 15) is 4.79 Å². The molecule has 0 aliphatic rings. The number of carbonyl (C=O) groups excluding carboxylic acids is 1. The monoisotopic (exact) mass is 364 g/mol. The number of rotatable bonds is 10. The van der Waals surface area contributed by atoms with Gasteiger partial charge in [-0.2, -0.15) is 0 Å². The molecule has 0 fully saturated rings. The van der Waals surface area contributed by atoms with Gasteiger partial charge in [0.05, 0.1) is 19.3 Å². The van der Waals surface area contributed by atoms with Crippen molar-refractivity contribution in [2.45, 2.75) is 40.7 Å². The molecule has 0 aliphatic carbocycles. The van der Waals surface area contributed by atoms with E-state index in [1.165, 1.54) is 0 Å². The molecule has 0 aliphatic heterocycles. The van der Waals surface area contributed by atoms with E-state index in [0.29, 0.717) is 32.3 Å². The van der Waals surface area contributed by atoms with E-state index in [-0.39, 0.29) is 18.5 Å². The van der Waals surface area contributed by atoms with Gasteiger partial charge in [0.15, 0.2) is 17.5 Å². The maximum Gasteiger partial charge on any atom is 0.241 e. The first-order valence-electron chi connectivity index (χ1n) is 9.26. The van der Waals surface area contributed by atoms with Crippen molar-refractivity contribution in [3.05, 3.63) is 23.8 Å². The first-order valence-corrected chi connectivity index (χ1v) is 9.26. The Kier molecular flexibility index (Phi) is 9.97. The normalized spacial score (nSPS) is 12.3. The Bertz CT molecular complexity index is 590. The zero-order chi connectivity index (χ0) is 19.4. The molecule has 1 aromatic rings. The van der Waals surface area contributed by atoms with Gasteiger partial charge >= 0.3 is 0 Å². The highest BCUT2D eigenvalue weighted by molar-refractivity contribution is 5.85. The van der Waals surface area contributed by atoms with Crippen molar-refractivity contribution in [2.24, 2.45) is 4.99 Å². The van der Waals surface area contributed by atoms with Crippen LogP contribution in [0.25, 0.3) is 0 Å². The molecule has 26 heavy (non-hydrogen) atoms. The number of benzene rings is 1. The zero-order valence-electron chi connectivity index (χ0n) is 16.5. The lowest BCUT2D eigenvalue weighted by molar-refractivity contribution is -0.119. The van der Waals surface area contributed by atoms with E-state index < -0.39 is 0 Å². The number of amides is 1. The lowest BCUT2D eigenvalue weighted by atomic mass is 10.1. The van der Waals surface area contributed by atoms with E-state index in [4.69, 9.17) is 9.47 Å². The van der Waals surface area contributed by atoms with Crippen LogP contribution < -0.4 is 25.4 Å². The van der Waals surface area contributed by atoms with Crippen molar-refractivity contribution in [1.82, 2.24) is 16.0 Å². The molecule has 0 radical (unpaired) electrons. The average Bonchev–Trinajstić information content (AvgIpc) is 2.62. The Morgan fingerprint density at radius 1 is 1.04 bits per heavy atom. The Labute approximate surface area is 156 Å². The van der Waals surface area contributed by atoms with E-state index in [1.54, 1.807) is 0 Å². The van der Waals surface area contributed by atoms with E-state index >= 15 is 0 Å². The highest BCUT2D eigenvalue weighted by Gasteiger charge is 2.12. The Balaban J connectivity index is 2.87. The molecule has 1 aromatic carbocycles. The molecule has 0 bridgehead atoms. The van der Waals surface area contributed by atoms with Gasteiger partial charge in [0.1, 0.15) is 6.54 Å². The number of guanidine groups is 1. The van der Waals surface area contributed by atoms with Gasteiger partial charge in [-0.3, -0.25) is 4.79 Å². The molecule has 0 saturated heterocycles. The summed E-state index contributed by atoms with van der Waals surface area (Å²) >= 11 is 0. The van der Waals surface area contributed by atoms with Crippen LogP contribution in [0.4, 0.5) is 0 Å². The standard InChI is InChI=1S/C19H32N4O3/c1-6-20-18(24)13-22-19(21-7-2)23-14(5)15-10-11-16(25-8-3)17(12-15)26-9-4/h10-12,14H,6-9,13H2,1-5H3,(H,20,24)(H2,21,22,23). The van der Waals surface area contributed by atoms with Gasteiger partial charge in [-0.05, 0) is 52.3 Å². The van der Waals surface area contributed by atoms with Gasteiger partial charge in [0.25, 0.3) is 0 Å². The quantitative estimate of drug-likeness (QED) is 0.438. The number of likely N-dealkylation sites (N-methyl/N-ethyl adjacent to an activating group) is 1. The molecular formula is C19H32N4O3. The van der Waals surface area contributed by atoms with Crippen molar-refractivity contribution in [3.63, 3.8) is 0 Å². The Hall–Kier alpha value is -2.44.